The van der Waals surface area contributed by atoms with Crippen LogP contribution in [-0.2, 0) is 41.1 Å². The minimum Gasteiger partial charge on any atom is -0.455 e. The predicted molar refractivity (Wildman–Crippen MR) is 121 cm³/mol. The highest BCUT2D eigenvalue weighted by Gasteiger charge is 2.39. The van der Waals surface area contributed by atoms with Crippen molar-refractivity contribution in [3.63, 3.8) is 0 Å². The van der Waals surface area contributed by atoms with Crippen LogP contribution in [-0.4, -0.2) is 43.0 Å². The van der Waals surface area contributed by atoms with Crippen LogP contribution in [0.25, 0.3) is 0 Å². The van der Waals surface area contributed by atoms with Gasteiger partial charge in [-0.2, -0.15) is 39.5 Å². The van der Waals surface area contributed by atoms with Gasteiger partial charge in [-0.05, 0) is 61.1 Å². The van der Waals surface area contributed by atoms with Gasteiger partial charge in [0.05, 0.1) is 23.2 Å². The zero-order valence-corrected chi connectivity index (χ0v) is 21.0. The van der Waals surface area contributed by atoms with Crippen LogP contribution >= 0.6 is 0 Å². The lowest BCUT2D eigenvalue weighted by Gasteiger charge is -2.33. The van der Waals surface area contributed by atoms with Gasteiger partial charge in [0.25, 0.3) is 0 Å². The van der Waals surface area contributed by atoms with E-state index < -0.39 is 59.4 Å². The second kappa shape index (κ2) is 11.9. The molecule has 1 fully saturated rings. The van der Waals surface area contributed by atoms with E-state index in [0.717, 1.165) is 12.1 Å². The van der Waals surface area contributed by atoms with Crippen LogP contribution in [0.3, 0.4) is 0 Å². The normalized spacial score (nSPS) is 17.2. The molecule has 1 atom stereocenters. The zero-order valence-electron chi connectivity index (χ0n) is 21.0. The Morgan fingerprint density at radius 1 is 0.816 bits per heavy atom. The lowest BCUT2D eigenvalue weighted by atomic mass is 9.99. The van der Waals surface area contributed by atoms with Crippen molar-refractivity contribution in [2.45, 2.75) is 51.6 Å². The number of benzene rings is 2. The van der Waals surface area contributed by atoms with Crippen molar-refractivity contribution in [1.82, 2.24) is 9.80 Å². The molecule has 0 bridgehead atoms. The summed E-state index contributed by atoms with van der Waals surface area (Å²) in [6.07, 6.45) is -16.3. The number of halogens is 9. The molecule has 1 saturated heterocycles. The number of cyclic esters (lactones) is 1. The van der Waals surface area contributed by atoms with Gasteiger partial charge in [-0.1, -0.05) is 19.9 Å². The van der Waals surface area contributed by atoms with Crippen molar-refractivity contribution >= 4 is 5.97 Å². The Bertz CT molecular complexity index is 1080. The van der Waals surface area contributed by atoms with E-state index in [0.29, 0.717) is 17.7 Å². The van der Waals surface area contributed by atoms with Crippen molar-refractivity contribution in [2.24, 2.45) is 0 Å². The van der Waals surface area contributed by atoms with Crippen molar-refractivity contribution < 1.29 is 49.0 Å². The minimum atomic E-state index is -5.09. The fraction of sp³-hybridized carbons (Fsp3) is 0.480. The molecule has 13 heteroatoms. The molecular weight excluding hydrogens is 531 g/mol. The molecule has 212 valence electrons. The molecule has 1 aliphatic rings. The quantitative estimate of drug-likeness (QED) is 0.294. The van der Waals surface area contributed by atoms with Crippen LogP contribution in [0, 0.1) is 0 Å². The molecule has 0 radical (unpaired) electrons. The first-order chi connectivity index (χ1) is 17.4. The van der Waals surface area contributed by atoms with Crippen LogP contribution < -0.4 is 0 Å². The summed E-state index contributed by atoms with van der Waals surface area (Å²) >= 11 is 0. The summed E-state index contributed by atoms with van der Waals surface area (Å²) in [4.78, 5) is 15.2. The standard InChI is InChI=1S/C23H21F9N2O2.C2H6/c1-33(2)9-13-3-4-16(21(24,25)26)7-15(13)10-34-11-19(36-20(35)12-34)14-5-17(22(27,28)29)8-18(6-14)23(30,31)32;1-2/h3-8,19H,9-12H2,1-2H3;1-2H3. The largest absolute Gasteiger partial charge is 0.455 e. The van der Waals surface area contributed by atoms with Crippen molar-refractivity contribution in [3.8, 4) is 0 Å². The van der Waals surface area contributed by atoms with Gasteiger partial charge in [0.15, 0.2) is 0 Å². The summed E-state index contributed by atoms with van der Waals surface area (Å²) in [5.41, 5.74) is -3.84. The Labute approximate surface area is 214 Å². The summed E-state index contributed by atoms with van der Waals surface area (Å²) in [6.45, 7) is 3.34. The Balaban J connectivity index is 0.00000247. The monoisotopic (exact) mass is 558 g/mol. The summed E-state index contributed by atoms with van der Waals surface area (Å²) in [6, 6.07) is 4.02. The summed E-state index contributed by atoms with van der Waals surface area (Å²) in [5.74, 6) is -0.932. The van der Waals surface area contributed by atoms with Gasteiger partial charge >= 0.3 is 24.5 Å². The Morgan fingerprint density at radius 3 is 1.82 bits per heavy atom. The SMILES string of the molecule is CC.CN(C)Cc1ccc(C(F)(F)F)cc1CN1CC(=O)OC(c2cc(C(F)(F)F)cc(C(F)(F)F)c2)C1. The van der Waals surface area contributed by atoms with Crippen molar-refractivity contribution in [1.29, 1.82) is 0 Å². The average Bonchev–Trinajstić information content (AvgIpc) is 2.78. The highest BCUT2D eigenvalue weighted by atomic mass is 19.4. The molecule has 0 aromatic heterocycles. The van der Waals surface area contributed by atoms with Crippen LogP contribution in [0.4, 0.5) is 39.5 Å². The van der Waals surface area contributed by atoms with Gasteiger partial charge in [-0.3, -0.25) is 9.69 Å². The lowest BCUT2D eigenvalue weighted by Crippen LogP contribution is -2.41. The van der Waals surface area contributed by atoms with Crippen LogP contribution in [0.5, 0.6) is 0 Å². The molecule has 0 aliphatic carbocycles. The fourth-order valence-electron chi connectivity index (χ4n) is 3.86. The van der Waals surface area contributed by atoms with Crippen LogP contribution in [0.1, 0.15) is 53.3 Å². The Morgan fingerprint density at radius 2 is 1.34 bits per heavy atom. The number of hydrogen-bond donors (Lipinski definition) is 0. The van der Waals surface area contributed by atoms with Gasteiger partial charge in [-0.25, -0.2) is 0 Å². The van der Waals surface area contributed by atoms with Gasteiger partial charge in [0.2, 0.25) is 0 Å². The van der Waals surface area contributed by atoms with Crippen molar-refractivity contribution in [2.75, 3.05) is 27.2 Å². The maximum Gasteiger partial charge on any atom is 0.416 e. The molecule has 4 nitrogen and oxygen atoms in total. The first kappa shape index (κ1) is 31.4. The smallest absolute Gasteiger partial charge is 0.416 e. The molecule has 0 saturated carbocycles. The van der Waals surface area contributed by atoms with E-state index in [9.17, 15) is 44.3 Å². The predicted octanol–water partition coefficient (Wildman–Crippen LogP) is 6.93. The first-order valence-corrected chi connectivity index (χ1v) is 11.5. The molecule has 3 rings (SSSR count). The minimum absolute atomic E-state index is 0.0396. The van der Waals surface area contributed by atoms with E-state index in [2.05, 4.69) is 0 Å². The molecule has 0 spiro atoms. The molecule has 1 heterocycles. The average molecular weight is 558 g/mol. The highest BCUT2D eigenvalue weighted by molar-refractivity contribution is 5.73. The third kappa shape index (κ3) is 8.35. The van der Waals surface area contributed by atoms with E-state index in [1.165, 1.54) is 11.0 Å². The number of carbonyl (C=O) groups excluding carboxylic acids is 1. The number of ether oxygens (including phenoxy) is 1. The molecule has 2 aromatic carbocycles. The van der Waals surface area contributed by atoms with E-state index in [1.54, 1.807) is 19.0 Å². The number of carbonyl (C=O) groups is 1. The summed E-state index contributed by atoms with van der Waals surface area (Å²) in [5, 5.41) is 0. The molecule has 1 aliphatic heterocycles. The summed E-state index contributed by atoms with van der Waals surface area (Å²) in [7, 11) is 3.39. The third-order valence-electron chi connectivity index (χ3n) is 5.45. The lowest BCUT2D eigenvalue weighted by molar-refractivity contribution is -0.159. The third-order valence-corrected chi connectivity index (χ3v) is 5.45. The number of alkyl halides is 9. The Hall–Kier alpha value is -2.80. The summed E-state index contributed by atoms with van der Waals surface area (Å²) < 4.78 is 124. The van der Waals surface area contributed by atoms with Gasteiger partial charge in [0, 0.05) is 19.6 Å². The van der Waals surface area contributed by atoms with E-state index in [-0.39, 0.29) is 31.3 Å². The fourth-order valence-corrected chi connectivity index (χ4v) is 3.86. The number of hydrogen-bond acceptors (Lipinski definition) is 4. The number of morpholine rings is 1. The van der Waals surface area contributed by atoms with Crippen LogP contribution in [0.2, 0.25) is 0 Å². The van der Waals surface area contributed by atoms with Gasteiger partial charge < -0.3 is 9.64 Å². The number of rotatable bonds is 5. The molecule has 0 amide bonds. The van der Waals surface area contributed by atoms with Gasteiger partial charge in [0.1, 0.15) is 6.10 Å². The molecular formula is C25H27F9N2O2. The first-order valence-electron chi connectivity index (χ1n) is 11.5. The molecule has 1 unspecified atom stereocenters. The van der Waals surface area contributed by atoms with Crippen LogP contribution in [0.15, 0.2) is 36.4 Å². The topological polar surface area (TPSA) is 32.8 Å². The number of nitrogens with zero attached hydrogens (tertiary/aromatic N) is 2. The van der Waals surface area contributed by atoms with Gasteiger partial charge in [-0.15, -0.1) is 0 Å². The maximum absolute atomic E-state index is 13.3. The molecule has 0 N–H and O–H groups in total. The highest BCUT2D eigenvalue weighted by Crippen LogP contribution is 2.39. The molecule has 2 aromatic rings. The van der Waals surface area contributed by atoms with Crippen molar-refractivity contribution in [3.05, 3.63) is 69.8 Å². The molecule has 38 heavy (non-hydrogen) atoms. The van der Waals surface area contributed by atoms with E-state index >= 15 is 0 Å². The maximum atomic E-state index is 13.3. The Kier molecular flexibility index (Phi) is 9.87. The van der Waals surface area contributed by atoms with E-state index in [1.807, 2.05) is 13.8 Å². The second-order valence-corrected chi connectivity index (χ2v) is 8.71. The second-order valence-electron chi connectivity index (χ2n) is 8.71. The van der Waals surface area contributed by atoms with E-state index in [4.69, 9.17) is 4.74 Å². The zero-order chi connectivity index (χ0) is 29.1. The number of esters is 1.